The van der Waals surface area contributed by atoms with Gasteiger partial charge >= 0.3 is 5.97 Å². The summed E-state index contributed by atoms with van der Waals surface area (Å²) in [6.45, 7) is 4.08. The van der Waals surface area contributed by atoms with Gasteiger partial charge < -0.3 is 15.4 Å². The van der Waals surface area contributed by atoms with E-state index in [-0.39, 0.29) is 17.4 Å². The van der Waals surface area contributed by atoms with Crippen LogP contribution >= 0.6 is 11.6 Å². The lowest BCUT2D eigenvalue weighted by atomic mass is 9.89. The van der Waals surface area contributed by atoms with Crippen LogP contribution < -0.4 is 10.6 Å². The molecule has 1 aliphatic heterocycles. The van der Waals surface area contributed by atoms with Gasteiger partial charge in [0.05, 0.1) is 16.1 Å². The summed E-state index contributed by atoms with van der Waals surface area (Å²) in [7, 11) is 0. The molecule has 0 saturated carbocycles. The lowest BCUT2D eigenvalue weighted by molar-refractivity contribution is -0.134. The quantitative estimate of drug-likeness (QED) is 0.751. The number of rotatable bonds is 5. The second kappa shape index (κ2) is 8.02. The number of anilines is 1. The first kappa shape index (κ1) is 19.9. The second-order valence-corrected chi connectivity index (χ2v) is 7.27. The third kappa shape index (κ3) is 4.02. The molecule has 7 heteroatoms. The number of hydrogen-bond acceptors (Lipinski definition) is 4. The van der Waals surface area contributed by atoms with Crippen molar-refractivity contribution in [2.75, 3.05) is 11.9 Å². The zero-order chi connectivity index (χ0) is 20.3. The highest BCUT2D eigenvalue weighted by molar-refractivity contribution is 6.34. The average molecular weight is 401 g/mol. The van der Waals surface area contributed by atoms with Gasteiger partial charge in [0.15, 0.2) is 5.60 Å². The van der Waals surface area contributed by atoms with Gasteiger partial charge in [-0.3, -0.25) is 9.59 Å². The highest BCUT2D eigenvalue weighted by atomic mass is 35.5. The standard InChI is InChI=1S/C21H21ClN2O4/c1-3-10-23-18(25)16-9-8-14(11-17(16)22)24-20(27)21(2)12-13-6-4-5-7-15(13)19(26)28-21/h4-9,11H,3,10,12H2,1-2H3,(H,23,25)(H,24,27). The van der Waals surface area contributed by atoms with Gasteiger partial charge in [0.1, 0.15) is 0 Å². The highest BCUT2D eigenvalue weighted by Crippen LogP contribution is 2.30. The maximum Gasteiger partial charge on any atom is 0.339 e. The lowest BCUT2D eigenvalue weighted by Gasteiger charge is -2.33. The van der Waals surface area contributed by atoms with Gasteiger partial charge in [-0.05, 0) is 43.2 Å². The number of benzene rings is 2. The topological polar surface area (TPSA) is 84.5 Å². The number of carbonyl (C=O) groups excluding carboxylic acids is 3. The smallest absolute Gasteiger partial charge is 0.339 e. The molecule has 2 amide bonds. The van der Waals surface area contributed by atoms with Gasteiger partial charge in [-0.2, -0.15) is 0 Å². The molecule has 6 nitrogen and oxygen atoms in total. The first-order chi connectivity index (χ1) is 13.3. The second-order valence-electron chi connectivity index (χ2n) is 6.86. The van der Waals surface area contributed by atoms with Crippen LogP contribution in [0.1, 0.15) is 46.5 Å². The number of nitrogens with one attached hydrogen (secondary N) is 2. The number of hydrogen-bond donors (Lipinski definition) is 2. The van der Waals surface area contributed by atoms with Crippen molar-refractivity contribution in [1.29, 1.82) is 0 Å². The van der Waals surface area contributed by atoms with E-state index in [4.69, 9.17) is 16.3 Å². The number of cyclic esters (lactones) is 1. The van der Waals surface area contributed by atoms with Crippen LogP contribution in [0.15, 0.2) is 42.5 Å². The van der Waals surface area contributed by atoms with Crippen molar-refractivity contribution < 1.29 is 19.1 Å². The Kier molecular flexibility index (Phi) is 5.70. The Morgan fingerprint density at radius 1 is 1.21 bits per heavy atom. The largest absolute Gasteiger partial charge is 0.445 e. The predicted octanol–water partition coefficient (Wildman–Crippen LogP) is 3.59. The van der Waals surface area contributed by atoms with Crippen LogP contribution in [-0.2, 0) is 16.0 Å². The summed E-state index contributed by atoms with van der Waals surface area (Å²) in [6, 6.07) is 11.7. The van der Waals surface area contributed by atoms with Crippen molar-refractivity contribution in [3.63, 3.8) is 0 Å². The van der Waals surface area contributed by atoms with Gasteiger partial charge in [-0.15, -0.1) is 0 Å². The highest BCUT2D eigenvalue weighted by Gasteiger charge is 2.42. The van der Waals surface area contributed by atoms with E-state index in [9.17, 15) is 14.4 Å². The van der Waals surface area contributed by atoms with Crippen LogP contribution in [0.3, 0.4) is 0 Å². The van der Waals surface area contributed by atoms with Gasteiger partial charge in [0.2, 0.25) is 0 Å². The molecule has 0 fully saturated rings. The third-order valence-electron chi connectivity index (χ3n) is 4.57. The molecular weight excluding hydrogens is 380 g/mol. The zero-order valence-corrected chi connectivity index (χ0v) is 16.4. The van der Waals surface area contributed by atoms with E-state index in [1.54, 1.807) is 31.2 Å². The molecule has 0 aromatic heterocycles. The molecule has 0 saturated heterocycles. The van der Waals surface area contributed by atoms with Crippen molar-refractivity contribution in [3.05, 3.63) is 64.2 Å². The van der Waals surface area contributed by atoms with Crippen molar-refractivity contribution in [2.24, 2.45) is 0 Å². The summed E-state index contributed by atoms with van der Waals surface area (Å²) in [4.78, 5) is 37.1. The molecule has 0 aliphatic carbocycles. The normalized spacial score (nSPS) is 18.0. The van der Waals surface area contributed by atoms with Crippen LogP contribution in [0.5, 0.6) is 0 Å². The van der Waals surface area contributed by atoms with Crippen LogP contribution in [0.25, 0.3) is 0 Å². The Labute approximate surface area is 168 Å². The number of carbonyl (C=O) groups is 3. The number of esters is 1. The fraction of sp³-hybridized carbons (Fsp3) is 0.286. The maximum absolute atomic E-state index is 12.8. The number of halogens is 1. The van der Waals surface area contributed by atoms with Crippen molar-refractivity contribution in [2.45, 2.75) is 32.3 Å². The van der Waals surface area contributed by atoms with E-state index in [1.165, 1.54) is 6.07 Å². The Balaban J connectivity index is 1.75. The Hall–Kier alpha value is -2.86. The van der Waals surface area contributed by atoms with E-state index in [0.29, 0.717) is 23.4 Å². The first-order valence-electron chi connectivity index (χ1n) is 9.04. The summed E-state index contributed by atoms with van der Waals surface area (Å²) >= 11 is 6.20. The van der Waals surface area contributed by atoms with Crippen molar-refractivity contribution in [3.8, 4) is 0 Å². The number of amides is 2. The van der Waals surface area contributed by atoms with E-state index in [1.807, 2.05) is 19.1 Å². The van der Waals surface area contributed by atoms with Gasteiger partial charge in [0.25, 0.3) is 11.8 Å². The Morgan fingerprint density at radius 3 is 2.68 bits per heavy atom. The molecule has 2 aromatic rings. The molecule has 0 spiro atoms. The lowest BCUT2D eigenvalue weighted by Crippen LogP contribution is -2.48. The fourth-order valence-corrected chi connectivity index (χ4v) is 3.30. The fourth-order valence-electron chi connectivity index (χ4n) is 3.03. The minimum atomic E-state index is -1.34. The minimum Gasteiger partial charge on any atom is -0.445 e. The summed E-state index contributed by atoms with van der Waals surface area (Å²) in [6.07, 6.45) is 1.09. The van der Waals surface area contributed by atoms with Crippen molar-refractivity contribution in [1.82, 2.24) is 5.32 Å². The SMILES string of the molecule is CCCNC(=O)c1ccc(NC(=O)C2(C)Cc3ccccc3C(=O)O2)cc1Cl. The molecule has 1 atom stereocenters. The minimum absolute atomic E-state index is 0.225. The van der Waals surface area contributed by atoms with E-state index < -0.39 is 17.5 Å². The predicted molar refractivity (Wildman–Crippen MR) is 107 cm³/mol. The number of fused-ring (bicyclic) bond motifs is 1. The molecule has 2 aromatic carbocycles. The molecule has 1 heterocycles. The molecular formula is C21H21ClN2O4. The number of ether oxygens (including phenoxy) is 1. The van der Waals surface area contributed by atoms with Crippen LogP contribution in [0.4, 0.5) is 5.69 Å². The summed E-state index contributed by atoms with van der Waals surface area (Å²) in [5.41, 5.74) is 0.640. The van der Waals surface area contributed by atoms with Gasteiger partial charge in [-0.25, -0.2) is 4.79 Å². The van der Waals surface area contributed by atoms with Crippen molar-refractivity contribution >= 4 is 35.1 Å². The monoisotopic (exact) mass is 400 g/mol. The molecule has 0 radical (unpaired) electrons. The summed E-state index contributed by atoms with van der Waals surface area (Å²) < 4.78 is 5.42. The molecule has 3 rings (SSSR count). The zero-order valence-electron chi connectivity index (χ0n) is 15.7. The third-order valence-corrected chi connectivity index (χ3v) is 4.88. The molecule has 2 N–H and O–H groups in total. The Morgan fingerprint density at radius 2 is 1.96 bits per heavy atom. The summed E-state index contributed by atoms with van der Waals surface area (Å²) in [5, 5.41) is 5.70. The molecule has 146 valence electrons. The van der Waals surface area contributed by atoms with Gasteiger partial charge in [0, 0.05) is 18.7 Å². The molecule has 1 unspecified atom stereocenters. The maximum atomic E-state index is 12.8. The molecule has 0 bridgehead atoms. The van der Waals surface area contributed by atoms with E-state index in [0.717, 1.165) is 12.0 Å². The molecule has 28 heavy (non-hydrogen) atoms. The average Bonchev–Trinajstić information content (AvgIpc) is 2.66. The van der Waals surface area contributed by atoms with E-state index in [2.05, 4.69) is 10.6 Å². The van der Waals surface area contributed by atoms with E-state index >= 15 is 0 Å². The van der Waals surface area contributed by atoms with Crippen LogP contribution in [-0.4, -0.2) is 29.9 Å². The van der Waals surface area contributed by atoms with Crippen LogP contribution in [0.2, 0.25) is 5.02 Å². The Bertz CT molecular complexity index is 944. The van der Waals surface area contributed by atoms with Crippen LogP contribution in [0, 0.1) is 0 Å². The van der Waals surface area contributed by atoms with Gasteiger partial charge in [-0.1, -0.05) is 36.7 Å². The summed E-state index contributed by atoms with van der Waals surface area (Å²) in [5.74, 6) is -1.26. The molecule has 1 aliphatic rings. The first-order valence-corrected chi connectivity index (χ1v) is 9.42.